The predicted molar refractivity (Wildman–Crippen MR) is 49.3 cm³/mol. The number of nitrogens with one attached hydrogen (secondary N) is 1. The second-order valence-corrected chi connectivity index (χ2v) is 4.23. The van der Waals surface area contributed by atoms with E-state index < -0.39 is 5.97 Å². The smallest absolute Gasteiger partial charge is 0.305 e. The van der Waals surface area contributed by atoms with E-state index in [2.05, 4.69) is 5.32 Å². The molecule has 0 bridgehead atoms. The summed E-state index contributed by atoms with van der Waals surface area (Å²) in [6.45, 7) is 6.10. The van der Waals surface area contributed by atoms with Crippen molar-refractivity contribution in [2.24, 2.45) is 5.41 Å². The monoisotopic (exact) mass is 187 g/mol. The Balaban J connectivity index is 3.59. The molecule has 0 saturated carbocycles. The van der Waals surface area contributed by atoms with Gasteiger partial charge < -0.3 is 10.4 Å². The molecule has 13 heavy (non-hydrogen) atoms. The van der Waals surface area contributed by atoms with E-state index in [-0.39, 0.29) is 24.3 Å². The van der Waals surface area contributed by atoms with Crippen molar-refractivity contribution in [3.05, 3.63) is 0 Å². The molecule has 0 spiro atoms. The van der Waals surface area contributed by atoms with Crippen LogP contribution in [0.25, 0.3) is 0 Å². The minimum absolute atomic E-state index is 0.0180. The van der Waals surface area contributed by atoms with Gasteiger partial charge in [-0.1, -0.05) is 20.8 Å². The Bertz CT molecular complexity index is 194. The van der Waals surface area contributed by atoms with Crippen molar-refractivity contribution in [3.8, 4) is 0 Å². The van der Waals surface area contributed by atoms with Crippen LogP contribution >= 0.6 is 0 Å². The van der Waals surface area contributed by atoms with E-state index in [1.165, 1.54) is 0 Å². The van der Waals surface area contributed by atoms with Crippen LogP contribution in [0.4, 0.5) is 0 Å². The molecule has 0 rings (SSSR count). The molecule has 0 heterocycles. The highest BCUT2D eigenvalue weighted by molar-refractivity contribution is 5.77. The average Bonchev–Trinajstić information content (AvgIpc) is 1.81. The number of carboxylic acids is 1. The van der Waals surface area contributed by atoms with E-state index in [4.69, 9.17) is 5.11 Å². The van der Waals surface area contributed by atoms with Gasteiger partial charge in [-0.3, -0.25) is 9.59 Å². The van der Waals surface area contributed by atoms with Crippen LogP contribution < -0.4 is 5.32 Å². The number of hydrogen-bond acceptors (Lipinski definition) is 2. The second kappa shape index (κ2) is 4.84. The average molecular weight is 187 g/mol. The second-order valence-electron chi connectivity index (χ2n) is 4.23. The first-order valence-electron chi connectivity index (χ1n) is 4.30. The molecular weight excluding hydrogens is 170 g/mol. The summed E-state index contributed by atoms with van der Waals surface area (Å²) in [6.07, 6.45) is 0.405. The summed E-state index contributed by atoms with van der Waals surface area (Å²) >= 11 is 0. The molecule has 0 fully saturated rings. The van der Waals surface area contributed by atoms with Gasteiger partial charge >= 0.3 is 5.97 Å². The normalized spacial score (nSPS) is 11.0. The predicted octanol–water partition coefficient (Wildman–Crippen LogP) is 1.01. The molecule has 0 aromatic heterocycles. The molecule has 0 atom stereocenters. The molecule has 0 aliphatic rings. The maximum atomic E-state index is 11.1. The van der Waals surface area contributed by atoms with Crippen molar-refractivity contribution < 1.29 is 14.7 Å². The van der Waals surface area contributed by atoms with Gasteiger partial charge in [-0.05, 0) is 5.41 Å². The maximum absolute atomic E-state index is 11.1. The van der Waals surface area contributed by atoms with E-state index in [0.29, 0.717) is 6.42 Å². The van der Waals surface area contributed by atoms with Gasteiger partial charge in [0.1, 0.15) is 0 Å². The number of rotatable bonds is 4. The third kappa shape index (κ3) is 8.85. The first-order chi connectivity index (χ1) is 5.81. The Morgan fingerprint density at radius 3 is 2.23 bits per heavy atom. The Labute approximate surface area is 78.3 Å². The van der Waals surface area contributed by atoms with Crippen LogP contribution in [-0.2, 0) is 9.59 Å². The molecule has 0 aliphatic carbocycles. The van der Waals surface area contributed by atoms with Crippen LogP contribution in [0, 0.1) is 5.41 Å². The van der Waals surface area contributed by atoms with E-state index in [9.17, 15) is 9.59 Å². The minimum atomic E-state index is -0.893. The van der Waals surface area contributed by atoms with Gasteiger partial charge in [0.2, 0.25) is 5.91 Å². The van der Waals surface area contributed by atoms with E-state index in [1.807, 2.05) is 20.8 Å². The SMILES string of the molecule is CC(C)(C)CC(=O)NCCC(=O)O. The molecule has 0 radical (unpaired) electrons. The highest BCUT2D eigenvalue weighted by Crippen LogP contribution is 2.17. The molecule has 0 saturated heterocycles. The summed E-state index contributed by atoms with van der Waals surface area (Å²) < 4.78 is 0. The van der Waals surface area contributed by atoms with Gasteiger partial charge in [0, 0.05) is 13.0 Å². The Morgan fingerprint density at radius 2 is 1.85 bits per heavy atom. The standard InChI is InChI=1S/C9H17NO3/c1-9(2,3)6-7(11)10-5-4-8(12)13/h4-6H2,1-3H3,(H,10,11)(H,12,13). The zero-order valence-corrected chi connectivity index (χ0v) is 8.39. The van der Waals surface area contributed by atoms with Crippen LogP contribution in [-0.4, -0.2) is 23.5 Å². The van der Waals surface area contributed by atoms with Crippen LogP contribution in [0.1, 0.15) is 33.6 Å². The van der Waals surface area contributed by atoms with Crippen molar-refractivity contribution >= 4 is 11.9 Å². The molecule has 1 amide bonds. The lowest BCUT2D eigenvalue weighted by molar-refractivity contribution is -0.136. The number of carbonyl (C=O) groups excluding carboxylic acids is 1. The number of aliphatic carboxylic acids is 1. The zero-order valence-electron chi connectivity index (χ0n) is 8.39. The molecule has 0 aliphatic heterocycles. The number of hydrogen-bond donors (Lipinski definition) is 2. The fraction of sp³-hybridized carbons (Fsp3) is 0.778. The van der Waals surface area contributed by atoms with Gasteiger partial charge in [-0.15, -0.1) is 0 Å². The van der Waals surface area contributed by atoms with Crippen LogP contribution in [0.2, 0.25) is 0 Å². The summed E-state index contributed by atoms with van der Waals surface area (Å²) in [5, 5.41) is 10.9. The molecule has 0 aromatic rings. The van der Waals surface area contributed by atoms with Crippen LogP contribution in [0.15, 0.2) is 0 Å². The molecule has 4 heteroatoms. The van der Waals surface area contributed by atoms with Gasteiger partial charge in [-0.25, -0.2) is 0 Å². The topological polar surface area (TPSA) is 66.4 Å². The van der Waals surface area contributed by atoms with Crippen LogP contribution in [0.3, 0.4) is 0 Å². The summed E-state index contributed by atoms with van der Waals surface area (Å²) in [6, 6.07) is 0. The van der Waals surface area contributed by atoms with Crippen molar-refractivity contribution in [1.82, 2.24) is 5.32 Å². The van der Waals surface area contributed by atoms with Crippen molar-refractivity contribution in [3.63, 3.8) is 0 Å². The van der Waals surface area contributed by atoms with Crippen molar-refractivity contribution in [1.29, 1.82) is 0 Å². The van der Waals surface area contributed by atoms with Gasteiger partial charge in [0.15, 0.2) is 0 Å². The third-order valence-corrected chi connectivity index (χ3v) is 1.35. The number of amides is 1. The number of carbonyl (C=O) groups is 2. The van der Waals surface area contributed by atoms with Gasteiger partial charge in [0.25, 0.3) is 0 Å². The lowest BCUT2D eigenvalue weighted by Gasteiger charge is -2.16. The molecular formula is C9H17NO3. The lowest BCUT2D eigenvalue weighted by Crippen LogP contribution is -2.29. The fourth-order valence-electron chi connectivity index (χ4n) is 0.853. The first kappa shape index (κ1) is 11.9. The minimum Gasteiger partial charge on any atom is -0.481 e. The highest BCUT2D eigenvalue weighted by atomic mass is 16.4. The van der Waals surface area contributed by atoms with Gasteiger partial charge in [-0.2, -0.15) is 0 Å². The van der Waals surface area contributed by atoms with E-state index in [1.54, 1.807) is 0 Å². The number of carboxylic acid groups (broad SMARTS) is 1. The van der Waals surface area contributed by atoms with Crippen molar-refractivity contribution in [2.45, 2.75) is 33.6 Å². The van der Waals surface area contributed by atoms with E-state index >= 15 is 0 Å². The first-order valence-corrected chi connectivity index (χ1v) is 4.30. The summed E-state index contributed by atoms with van der Waals surface area (Å²) in [5.74, 6) is -0.982. The Kier molecular flexibility index (Phi) is 4.45. The largest absolute Gasteiger partial charge is 0.481 e. The Morgan fingerprint density at radius 1 is 1.31 bits per heavy atom. The maximum Gasteiger partial charge on any atom is 0.305 e. The fourth-order valence-corrected chi connectivity index (χ4v) is 0.853. The zero-order chi connectivity index (χ0) is 10.5. The molecule has 0 unspecified atom stereocenters. The van der Waals surface area contributed by atoms with Crippen LogP contribution in [0.5, 0.6) is 0 Å². The highest BCUT2D eigenvalue weighted by Gasteiger charge is 2.15. The Hall–Kier alpha value is -1.06. The molecule has 76 valence electrons. The lowest BCUT2D eigenvalue weighted by atomic mass is 9.92. The molecule has 0 aromatic carbocycles. The molecule has 2 N–H and O–H groups in total. The summed E-state index contributed by atoms with van der Waals surface area (Å²) in [7, 11) is 0. The van der Waals surface area contributed by atoms with Gasteiger partial charge in [0.05, 0.1) is 6.42 Å². The molecule has 4 nitrogen and oxygen atoms in total. The summed E-state index contributed by atoms with van der Waals surface area (Å²) in [5.41, 5.74) is -0.0483. The third-order valence-electron chi connectivity index (χ3n) is 1.35. The summed E-state index contributed by atoms with van der Waals surface area (Å²) in [4.78, 5) is 21.3. The van der Waals surface area contributed by atoms with E-state index in [0.717, 1.165) is 0 Å². The van der Waals surface area contributed by atoms with Crippen molar-refractivity contribution in [2.75, 3.05) is 6.54 Å². The quantitative estimate of drug-likeness (QED) is 0.690.